The first-order valence-electron chi connectivity index (χ1n) is 7.33. The summed E-state index contributed by atoms with van der Waals surface area (Å²) in [5.74, 6) is -0.0436. The lowest BCUT2D eigenvalue weighted by molar-refractivity contribution is -0.116. The predicted octanol–water partition coefficient (Wildman–Crippen LogP) is 1.86. The van der Waals surface area contributed by atoms with Crippen LogP contribution in [0.25, 0.3) is 0 Å². The van der Waals surface area contributed by atoms with Crippen molar-refractivity contribution in [3.8, 4) is 11.8 Å². The number of methoxy groups -OCH3 is 1. The van der Waals surface area contributed by atoms with Gasteiger partial charge in [-0.2, -0.15) is 10.3 Å². The summed E-state index contributed by atoms with van der Waals surface area (Å²) in [4.78, 5) is 17.5. The van der Waals surface area contributed by atoms with Crippen molar-refractivity contribution in [2.45, 2.75) is 17.7 Å². The second-order valence-corrected chi connectivity index (χ2v) is 9.38. The fourth-order valence-corrected chi connectivity index (χ4v) is 7.07. The second-order valence-electron chi connectivity index (χ2n) is 5.61. The number of benzene rings is 1. The van der Waals surface area contributed by atoms with Crippen molar-refractivity contribution in [3.63, 3.8) is 0 Å². The van der Waals surface area contributed by atoms with Crippen molar-refractivity contribution in [2.75, 3.05) is 23.5 Å². The molecule has 1 amide bonds. The van der Waals surface area contributed by atoms with Crippen LogP contribution in [0.2, 0.25) is 5.02 Å². The van der Waals surface area contributed by atoms with Crippen molar-refractivity contribution in [3.05, 3.63) is 23.2 Å². The third-order valence-electron chi connectivity index (χ3n) is 3.93. The van der Waals surface area contributed by atoms with Gasteiger partial charge in [-0.05, 0) is 18.2 Å². The first-order chi connectivity index (χ1) is 11.8. The minimum atomic E-state index is -3.14. The van der Waals surface area contributed by atoms with E-state index in [1.165, 1.54) is 18.9 Å². The Hall–Kier alpha value is -1.76. The molecule has 1 aromatic carbocycles. The van der Waals surface area contributed by atoms with E-state index in [0.29, 0.717) is 21.6 Å². The zero-order valence-electron chi connectivity index (χ0n) is 13.2. The Labute approximate surface area is 154 Å². The number of thioether (sulfide) groups is 1. The summed E-state index contributed by atoms with van der Waals surface area (Å²) < 4.78 is 29.1. The first-order valence-corrected chi connectivity index (χ1v) is 10.4. The lowest BCUT2D eigenvalue weighted by atomic mass is 10.2. The molecule has 0 aliphatic carbocycles. The number of halogens is 1. The number of ether oxygens (including phenoxy) is 1. The smallest absolute Gasteiger partial charge is 0.262 e. The van der Waals surface area contributed by atoms with Crippen molar-refractivity contribution in [1.82, 2.24) is 0 Å². The van der Waals surface area contributed by atoms with Crippen LogP contribution in [-0.4, -0.2) is 49.4 Å². The summed E-state index contributed by atoms with van der Waals surface area (Å²) >= 11 is 7.43. The Morgan fingerprint density at radius 1 is 1.52 bits per heavy atom. The topological polar surface area (TPSA) is 99.8 Å². The molecule has 0 aromatic heterocycles. The maximum Gasteiger partial charge on any atom is 0.262 e. The molecule has 2 unspecified atom stereocenters. The van der Waals surface area contributed by atoms with E-state index in [1.807, 2.05) is 0 Å². The largest absolute Gasteiger partial charge is 0.495 e. The minimum Gasteiger partial charge on any atom is -0.495 e. The van der Waals surface area contributed by atoms with Gasteiger partial charge < -0.3 is 9.64 Å². The van der Waals surface area contributed by atoms with Crippen molar-refractivity contribution < 1.29 is 17.9 Å². The minimum absolute atomic E-state index is 0.0141. The summed E-state index contributed by atoms with van der Waals surface area (Å²) in [6.45, 7) is 0. The molecule has 3 rings (SSSR count). The Morgan fingerprint density at radius 2 is 2.28 bits per heavy atom. The number of carbonyl (C=O) groups excluding carboxylic acids is 1. The summed E-state index contributed by atoms with van der Waals surface area (Å²) in [6.07, 6.45) is -0.325. The van der Waals surface area contributed by atoms with Gasteiger partial charge in [0.2, 0.25) is 0 Å². The van der Waals surface area contributed by atoms with Gasteiger partial charge in [0, 0.05) is 10.9 Å². The van der Waals surface area contributed by atoms with E-state index in [1.54, 1.807) is 29.2 Å². The molecule has 1 aromatic rings. The van der Waals surface area contributed by atoms with Gasteiger partial charge in [-0.25, -0.2) is 8.42 Å². The molecule has 2 saturated heterocycles. The number of sulfone groups is 1. The van der Waals surface area contributed by atoms with Gasteiger partial charge >= 0.3 is 0 Å². The molecule has 7 nitrogen and oxygen atoms in total. The molecule has 2 heterocycles. The average molecular weight is 400 g/mol. The van der Waals surface area contributed by atoms with E-state index in [4.69, 9.17) is 21.6 Å². The predicted molar refractivity (Wildman–Crippen MR) is 97.0 cm³/mol. The van der Waals surface area contributed by atoms with Crippen LogP contribution in [0.5, 0.6) is 5.75 Å². The summed E-state index contributed by atoms with van der Waals surface area (Å²) in [6, 6.07) is 6.50. The van der Waals surface area contributed by atoms with E-state index in [2.05, 4.69) is 4.99 Å². The molecule has 25 heavy (non-hydrogen) atoms. The fraction of sp³-hybridized carbons (Fsp3) is 0.400. The van der Waals surface area contributed by atoms with Crippen LogP contribution in [-0.2, 0) is 14.6 Å². The SMILES string of the molecule is COc1ccc(N2C(=NC(=O)CC#N)SC3CS(=O)(=O)CC32)cc1Cl. The average Bonchev–Trinajstić information content (AvgIpc) is 2.98. The third-order valence-corrected chi connectivity index (χ3v) is 7.44. The van der Waals surface area contributed by atoms with Gasteiger partial charge in [-0.15, -0.1) is 0 Å². The van der Waals surface area contributed by atoms with Crippen LogP contribution in [0.1, 0.15) is 6.42 Å². The number of amidine groups is 1. The van der Waals surface area contributed by atoms with E-state index in [0.717, 1.165) is 0 Å². The molecule has 0 bridgehead atoms. The number of hydrogen-bond donors (Lipinski definition) is 0. The molecular weight excluding hydrogens is 386 g/mol. The third kappa shape index (κ3) is 3.61. The van der Waals surface area contributed by atoms with Gasteiger partial charge in [-0.3, -0.25) is 4.79 Å². The quantitative estimate of drug-likeness (QED) is 0.764. The number of hydrogen-bond acceptors (Lipinski definition) is 6. The number of anilines is 1. The highest BCUT2D eigenvalue weighted by Gasteiger charge is 2.49. The normalized spacial score (nSPS) is 25.6. The molecule has 0 N–H and O–H groups in total. The van der Waals surface area contributed by atoms with E-state index in [9.17, 15) is 13.2 Å². The van der Waals surface area contributed by atoms with Gasteiger partial charge in [0.25, 0.3) is 5.91 Å². The van der Waals surface area contributed by atoms with E-state index >= 15 is 0 Å². The molecule has 10 heteroatoms. The summed E-state index contributed by atoms with van der Waals surface area (Å²) in [7, 11) is -1.64. The maximum absolute atomic E-state index is 12.0. The first kappa shape index (κ1) is 18.0. The van der Waals surface area contributed by atoms with E-state index in [-0.39, 0.29) is 29.2 Å². The lowest BCUT2D eigenvalue weighted by Crippen LogP contribution is -2.37. The Bertz CT molecular complexity index is 895. The molecular formula is C15H14ClN3O4S2. The zero-order chi connectivity index (χ0) is 18.2. The summed E-state index contributed by atoms with van der Waals surface area (Å²) in [5, 5.41) is 9.20. The Kier molecular flexibility index (Phi) is 4.95. The molecule has 132 valence electrons. The van der Waals surface area contributed by atoms with Crippen LogP contribution < -0.4 is 9.64 Å². The van der Waals surface area contributed by atoms with E-state index < -0.39 is 15.7 Å². The van der Waals surface area contributed by atoms with Crippen molar-refractivity contribution in [1.29, 1.82) is 5.26 Å². The second kappa shape index (κ2) is 6.86. The Morgan fingerprint density at radius 3 is 2.92 bits per heavy atom. The molecule has 2 atom stereocenters. The number of nitrogens with zero attached hydrogens (tertiary/aromatic N) is 3. The zero-order valence-corrected chi connectivity index (χ0v) is 15.6. The molecule has 2 fully saturated rings. The highest BCUT2D eigenvalue weighted by atomic mass is 35.5. The molecule has 0 radical (unpaired) electrons. The van der Waals surface area contributed by atoms with Crippen LogP contribution in [0, 0.1) is 11.3 Å². The molecule has 0 spiro atoms. The number of nitriles is 1. The van der Waals surface area contributed by atoms with Crippen LogP contribution in [0.4, 0.5) is 5.69 Å². The summed E-state index contributed by atoms with van der Waals surface area (Å²) in [5.41, 5.74) is 0.631. The monoisotopic (exact) mass is 399 g/mol. The molecule has 2 aliphatic heterocycles. The number of amides is 1. The van der Waals surface area contributed by atoms with Crippen LogP contribution >= 0.6 is 23.4 Å². The van der Waals surface area contributed by atoms with Gasteiger partial charge in [0.15, 0.2) is 15.0 Å². The van der Waals surface area contributed by atoms with Crippen LogP contribution in [0.3, 0.4) is 0 Å². The molecule has 2 aliphatic rings. The number of fused-ring (bicyclic) bond motifs is 1. The standard InChI is InChI=1S/C15H14ClN3O4S2/c1-23-12-3-2-9(6-10(12)16)19-11-7-25(21,22)8-13(11)24-15(19)18-14(20)4-5-17/h2-3,6,11,13H,4,7-8H2,1H3. The van der Waals surface area contributed by atoms with Gasteiger partial charge in [0.05, 0.1) is 35.7 Å². The lowest BCUT2D eigenvalue weighted by Gasteiger charge is -2.25. The fourth-order valence-electron chi connectivity index (χ4n) is 2.89. The number of carbonyl (C=O) groups is 1. The number of aliphatic imine (C=N–C) groups is 1. The highest BCUT2D eigenvalue weighted by Crippen LogP contribution is 2.42. The Balaban J connectivity index is 2.02. The highest BCUT2D eigenvalue weighted by molar-refractivity contribution is 8.16. The van der Waals surface area contributed by atoms with Crippen molar-refractivity contribution in [2.24, 2.45) is 4.99 Å². The van der Waals surface area contributed by atoms with Gasteiger partial charge in [-0.1, -0.05) is 23.4 Å². The molecule has 0 saturated carbocycles. The number of rotatable bonds is 3. The van der Waals surface area contributed by atoms with Gasteiger partial charge in [0.1, 0.15) is 12.2 Å². The van der Waals surface area contributed by atoms with Crippen molar-refractivity contribution >= 4 is 50.0 Å². The maximum atomic E-state index is 12.0. The van der Waals surface area contributed by atoms with Crippen LogP contribution in [0.15, 0.2) is 23.2 Å².